The van der Waals surface area contributed by atoms with Crippen molar-refractivity contribution in [3.05, 3.63) is 11.6 Å². The second kappa shape index (κ2) is 4.03. The topological polar surface area (TPSA) is 37.3 Å². The van der Waals surface area contributed by atoms with Crippen molar-refractivity contribution >= 4 is 5.97 Å². The number of alkyl halides is 5. The van der Waals surface area contributed by atoms with Gasteiger partial charge in [0.15, 0.2) is 0 Å². The van der Waals surface area contributed by atoms with Gasteiger partial charge in [0.1, 0.15) is 0 Å². The smallest absolute Gasteiger partial charge is 0.454 e. The van der Waals surface area contributed by atoms with Gasteiger partial charge >= 0.3 is 18.1 Å². The van der Waals surface area contributed by atoms with Gasteiger partial charge < -0.3 is 5.11 Å². The minimum absolute atomic E-state index is 0.406. The summed E-state index contributed by atoms with van der Waals surface area (Å²) in [5, 5.41) is 8.42. The van der Waals surface area contributed by atoms with E-state index in [0.717, 1.165) is 6.92 Å². The Morgan fingerprint density at radius 2 is 1.50 bits per heavy atom. The third kappa shape index (κ3) is 2.70. The van der Waals surface area contributed by atoms with Crippen molar-refractivity contribution in [1.29, 1.82) is 0 Å². The number of rotatable bonds is 3. The van der Waals surface area contributed by atoms with Crippen LogP contribution in [0.15, 0.2) is 11.6 Å². The molecule has 94 valence electrons. The Bertz CT molecular complexity index is 314. The van der Waals surface area contributed by atoms with E-state index in [9.17, 15) is 26.7 Å². The third-order valence-electron chi connectivity index (χ3n) is 2.08. The van der Waals surface area contributed by atoms with Crippen LogP contribution in [-0.2, 0) is 4.79 Å². The molecule has 0 aromatic heterocycles. The molecule has 0 spiro atoms. The van der Waals surface area contributed by atoms with Crippen molar-refractivity contribution < 1.29 is 31.9 Å². The highest BCUT2D eigenvalue weighted by Gasteiger charge is 2.65. The summed E-state index contributed by atoms with van der Waals surface area (Å²) in [5.74, 6) is -6.53. The first-order valence-corrected chi connectivity index (χ1v) is 4.20. The molecule has 0 saturated heterocycles. The summed E-state index contributed by atoms with van der Waals surface area (Å²) in [6.07, 6.45) is -5.31. The molecular formula is C9H11F5O2. The Hall–Kier alpha value is -1.14. The van der Waals surface area contributed by atoms with Crippen LogP contribution in [0.25, 0.3) is 0 Å². The van der Waals surface area contributed by atoms with E-state index in [2.05, 4.69) is 0 Å². The highest BCUT2D eigenvalue weighted by Crippen LogP contribution is 2.49. The summed E-state index contributed by atoms with van der Waals surface area (Å²) in [5.41, 5.74) is -3.18. The summed E-state index contributed by atoms with van der Waals surface area (Å²) in [6.45, 7) is 2.22. The highest BCUT2D eigenvalue weighted by atomic mass is 19.4. The fraction of sp³-hybridized carbons (Fsp3) is 0.667. The molecule has 0 saturated carbocycles. The molecule has 0 aliphatic carbocycles. The van der Waals surface area contributed by atoms with Crippen molar-refractivity contribution in [2.75, 3.05) is 0 Å². The first-order chi connectivity index (χ1) is 6.83. The predicted octanol–water partition coefficient (Wildman–Crippen LogP) is 3.24. The summed E-state index contributed by atoms with van der Waals surface area (Å²) >= 11 is 0. The van der Waals surface area contributed by atoms with Gasteiger partial charge in [-0.15, -0.1) is 0 Å². The second-order valence-electron chi connectivity index (χ2n) is 3.93. The standard InChI is InChI=1S/C9H11F5O2/c1-5(6(15)16)4-7(2,3)8(10,11)9(12,13)14/h4H,1-3H3,(H,15,16). The lowest BCUT2D eigenvalue weighted by molar-refractivity contribution is -0.312. The number of allylic oxidation sites excluding steroid dienone is 1. The normalized spacial score (nSPS) is 15.1. The molecule has 0 atom stereocenters. The van der Waals surface area contributed by atoms with Crippen LogP contribution < -0.4 is 0 Å². The number of carbonyl (C=O) groups is 1. The first-order valence-electron chi connectivity index (χ1n) is 4.20. The molecule has 1 N–H and O–H groups in total. The van der Waals surface area contributed by atoms with Crippen LogP contribution in [0.2, 0.25) is 0 Å². The van der Waals surface area contributed by atoms with Crippen LogP contribution in [0.5, 0.6) is 0 Å². The van der Waals surface area contributed by atoms with E-state index >= 15 is 0 Å². The predicted molar refractivity (Wildman–Crippen MR) is 46.2 cm³/mol. The molecule has 0 unspecified atom stereocenters. The van der Waals surface area contributed by atoms with Crippen LogP contribution in [0.3, 0.4) is 0 Å². The van der Waals surface area contributed by atoms with Crippen LogP contribution >= 0.6 is 0 Å². The number of carboxylic acid groups (broad SMARTS) is 1. The maximum atomic E-state index is 13.0. The van der Waals surface area contributed by atoms with E-state index in [1.54, 1.807) is 0 Å². The van der Waals surface area contributed by atoms with Gasteiger partial charge in [-0.05, 0) is 6.92 Å². The van der Waals surface area contributed by atoms with Crippen molar-refractivity contribution in [2.24, 2.45) is 5.41 Å². The lowest BCUT2D eigenvalue weighted by atomic mass is 9.83. The lowest BCUT2D eigenvalue weighted by Crippen LogP contribution is -2.48. The third-order valence-corrected chi connectivity index (χ3v) is 2.08. The van der Waals surface area contributed by atoms with E-state index in [-0.39, 0.29) is 0 Å². The van der Waals surface area contributed by atoms with E-state index in [0.29, 0.717) is 19.9 Å². The summed E-state index contributed by atoms with van der Waals surface area (Å²) < 4.78 is 62.1. The molecule has 0 fully saturated rings. The van der Waals surface area contributed by atoms with Crippen LogP contribution in [0.1, 0.15) is 20.8 Å². The fourth-order valence-electron chi connectivity index (χ4n) is 1.06. The van der Waals surface area contributed by atoms with Gasteiger partial charge in [0, 0.05) is 5.57 Å². The minimum atomic E-state index is -5.72. The zero-order chi connectivity index (χ0) is 13.4. The van der Waals surface area contributed by atoms with Gasteiger partial charge in [0.25, 0.3) is 0 Å². The molecule has 0 amide bonds. The van der Waals surface area contributed by atoms with Crippen molar-refractivity contribution in [2.45, 2.75) is 32.9 Å². The van der Waals surface area contributed by atoms with E-state index in [4.69, 9.17) is 5.11 Å². The van der Waals surface area contributed by atoms with Gasteiger partial charge in [-0.3, -0.25) is 0 Å². The Kier molecular flexibility index (Phi) is 3.74. The van der Waals surface area contributed by atoms with Gasteiger partial charge in [0.2, 0.25) is 0 Å². The molecular weight excluding hydrogens is 235 g/mol. The molecule has 0 aliphatic rings. The molecule has 2 nitrogen and oxygen atoms in total. The second-order valence-corrected chi connectivity index (χ2v) is 3.93. The van der Waals surface area contributed by atoms with Crippen LogP contribution in [-0.4, -0.2) is 23.2 Å². The van der Waals surface area contributed by atoms with E-state index < -0.39 is 29.1 Å². The highest BCUT2D eigenvalue weighted by molar-refractivity contribution is 5.85. The number of halogens is 5. The van der Waals surface area contributed by atoms with Crippen molar-refractivity contribution in [3.8, 4) is 0 Å². The van der Waals surface area contributed by atoms with Gasteiger partial charge in [-0.2, -0.15) is 22.0 Å². The quantitative estimate of drug-likeness (QED) is 0.613. The van der Waals surface area contributed by atoms with E-state index in [1.807, 2.05) is 0 Å². The molecule has 0 radical (unpaired) electrons. The zero-order valence-corrected chi connectivity index (χ0v) is 8.82. The van der Waals surface area contributed by atoms with Crippen LogP contribution in [0.4, 0.5) is 22.0 Å². The number of hydrogen-bond acceptors (Lipinski definition) is 1. The molecule has 7 heteroatoms. The largest absolute Gasteiger partial charge is 0.478 e. The minimum Gasteiger partial charge on any atom is -0.478 e. The molecule has 0 heterocycles. The average Bonchev–Trinajstić information content (AvgIpc) is 2.00. The summed E-state index contributed by atoms with van der Waals surface area (Å²) in [4.78, 5) is 10.4. The number of hydrogen-bond donors (Lipinski definition) is 1. The Balaban J connectivity index is 5.38. The maximum absolute atomic E-state index is 13.0. The molecule has 0 aromatic carbocycles. The lowest BCUT2D eigenvalue weighted by Gasteiger charge is -2.33. The molecule has 0 aliphatic heterocycles. The number of carboxylic acids is 1. The van der Waals surface area contributed by atoms with Crippen LogP contribution in [0, 0.1) is 5.41 Å². The monoisotopic (exact) mass is 246 g/mol. The van der Waals surface area contributed by atoms with E-state index in [1.165, 1.54) is 0 Å². The summed E-state index contributed by atoms with van der Waals surface area (Å²) in [6, 6.07) is 0. The molecule has 0 aromatic rings. The Morgan fingerprint density at radius 1 is 1.12 bits per heavy atom. The molecule has 0 rings (SSSR count). The Morgan fingerprint density at radius 3 is 1.75 bits per heavy atom. The average molecular weight is 246 g/mol. The summed E-state index contributed by atoms with van der Waals surface area (Å²) in [7, 11) is 0. The van der Waals surface area contributed by atoms with Crippen molar-refractivity contribution in [1.82, 2.24) is 0 Å². The SMILES string of the molecule is CC(=CC(C)(C)C(F)(F)C(F)(F)F)C(=O)O. The van der Waals surface area contributed by atoms with Gasteiger partial charge in [0.05, 0.1) is 5.41 Å². The first kappa shape index (κ1) is 14.9. The van der Waals surface area contributed by atoms with Gasteiger partial charge in [-0.25, -0.2) is 4.79 Å². The fourth-order valence-corrected chi connectivity index (χ4v) is 1.06. The van der Waals surface area contributed by atoms with Crippen molar-refractivity contribution in [3.63, 3.8) is 0 Å². The Labute approximate surface area is 88.8 Å². The van der Waals surface area contributed by atoms with Gasteiger partial charge in [-0.1, -0.05) is 19.9 Å². The number of aliphatic carboxylic acids is 1. The zero-order valence-electron chi connectivity index (χ0n) is 8.82. The maximum Gasteiger partial charge on any atom is 0.454 e. The molecule has 16 heavy (non-hydrogen) atoms. The molecule has 0 bridgehead atoms.